The van der Waals surface area contributed by atoms with Crippen molar-refractivity contribution in [3.05, 3.63) is 65.5 Å². The lowest BCUT2D eigenvalue weighted by Gasteiger charge is -2.24. The maximum atomic E-state index is 12.3. The van der Waals surface area contributed by atoms with E-state index in [0.717, 1.165) is 18.5 Å². The molecule has 0 saturated carbocycles. The van der Waals surface area contributed by atoms with Crippen LogP contribution < -0.4 is 0 Å². The van der Waals surface area contributed by atoms with Crippen molar-refractivity contribution < 1.29 is 4.79 Å². The molecule has 102 valence electrons. The zero-order valence-electron chi connectivity index (χ0n) is 11.6. The van der Waals surface area contributed by atoms with Gasteiger partial charge in [0.15, 0.2) is 0 Å². The first-order valence-electron chi connectivity index (χ1n) is 7.32. The molecule has 2 heteroatoms. The van der Waals surface area contributed by atoms with Gasteiger partial charge in [-0.15, -0.1) is 0 Å². The fraction of sp³-hybridized carbons (Fsp3) is 0.333. The Morgan fingerprint density at radius 2 is 2.00 bits per heavy atom. The number of ketones is 1. The zero-order valence-corrected chi connectivity index (χ0v) is 11.6. The molecule has 0 amide bonds. The Kier molecular flexibility index (Phi) is 3.91. The zero-order chi connectivity index (χ0) is 13.8. The summed E-state index contributed by atoms with van der Waals surface area (Å²) in [6.07, 6.45) is 6.33. The molecule has 1 heterocycles. The molecule has 1 unspecified atom stereocenters. The Bertz CT molecular complexity index is 591. The van der Waals surface area contributed by atoms with Crippen LogP contribution in [0.3, 0.4) is 0 Å². The highest BCUT2D eigenvalue weighted by Gasteiger charge is 2.22. The second-order valence-electron chi connectivity index (χ2n) is 5.53. The Morgan fingerprint density at radius 1 is 1.15 bits per heavy atom. The minimum Gasteiger partial charge on any atom is -0.299 e. The molecule has 0 aliphatic heterocycles. The number of nitrogens with zero attached hydrogens (tertiary/aromatic N) is 1. The van der Waals surface area contributed by atoms with Crippen LogP contribution in [0.4, 0.5) is 0 Å². The normalized spacial score (nSPS) is 17.5. The van der Waals surface area contributed by atoms with Crippen LogP contribution in [-0.4, -0.2) is 10.8 Å². The summed E-state index contributed by atoms with van der Waals surface area (Å²) in [5.74, 6) is 0.696. The molecule has 1 aliphatic carbocycles. The molecule has 0 bridgehead atoms. The number of carbonyl (C=O) groups is 1. The van der Waals surface area contributed by atoms with Gasteiger partial charge in [0.05, 0.1) is 0 Å². The van der Waals surface area contributed by atoms with Gasteiger partial charge < -0.3 is 0 Å². The minimum absolute atomic E-state index is 0.297. The fourth-order valence-electron chi connectivity index (χ4n) is 3.12. The number of carbonyl (C=O) groups excluding carboxylic acids is 1. The lowest BCUT2D eigenvalue weighted by atomic mass is 9.80. The standard InChI is InChI=1S/C18H19NO/c20-17(13-16-9-3-4-11-19-16)12-15-8-5-7-14-6-1-2-10-18(14)15/h1-4,6,9-11,15H,5,7-8,12-13H2. The maximum absolute atomic E-state index is 12.3. The van der Waals surface area contributed by atoms with E-state index in [1.165, 1.54) is 17.5 Å². The van der Waals surface area contributed by atoms with Gasteiger partial charge in [0, 0.05) is 24.7 Å². The predicted octanol–water partition coefficient (Wildman–Crippen LogP) is 3.70. The van der Waals surface area contributed by atoms with Crippen molar-refractivity contribution in [3.63, 3.8) is 0 Å². The predicted molar refractivity (Wildman–Crippen MR) is 79.7 cm³/mol. The van der Waals surface area contributed by atoms with Gasteiger partial charge in [-0.05, 0) is 48.4 Å². The van der Waals surface area contributed by atoms with E-state index in [-0.39, 0.29) is 0 Å². The lowest BCUT2D eigenvalue weighted by Crippen LogP contribution is -2.15. The Morgan fingerprint density at radius 3 is 2.85 bits per heavy atom. The molecule has 2 nitrogen and oxygen atoms in total. The first kappa shape index (κ1) is 13.0. The second-order valence-corrected chi connectivity index (χ2v) is 5.53. The van der Waals surface area contributed by atoms with E-state index in [4.69, 9.17) is 0 Å². The van der Waals surface area contributed by atoms with E-state index in [0.29, 0.717) is 24.5 Å². The molecule has 1 aromatic heterocycles. The summed E-state index contributed by atoms with van der Waals surface area (Å²) in [6, 6.07) is 14.3. The summed E-state index contributed by atoms with van der Waals surface area (Å²) in [6.45, 7) is 0. The van der Waals surface area contributed by atoms with Gasteiger partial charge in [0.25, 0.3) is 0 Å². The largest absolute Gasteiger partial charge is 0.299 e. The van der Waals surface area contributed by atoms with Gasteiger partial charge in [0.1, 0.15) is 5.78 Å². The Hall–Kier alpha value is -1.96. The second kappa shape index (κ2) is 6.00. The molecule has 0 fully saturated rings. The summed E-state index contributed by atoms with van der Waals surface area (Å²) in [5.41, 5.74) is 3.68. The van der Waals surface area contributed by atoms with Gasteiger partial charge in [-0.2, -0.15) is 0 Å². The molecule has 0 N–H and O–H groups in total. The van der Waals surface area contributed by atoms with Crippen LogP contribution >= 0.6 is 0 Å². The van der Waals surface area contributed by atoms with Crippen molar-refractivity contribution in [2.24, 2.45) is 0 Å². The van der Waals surface area contributed by atoms with Gasteiger partial charge in [-0.25, -0.2) is 0 Å². The molecule has 1 aliphatic rings. The number of hydrogen-bond acceptors (Lipinski definition) is 2. The van der Waals surface area contributed by atoms with E-state index >= 15 is 0 Å². The van der Waals surface area contributed by atoms with Crippen LogP contribution in [-0.2, 0) is 17.6 Å². The number of Topliss-reactive ketones (excluding diaryl/α,β-unsaturated/α-hetero) is 1. The number of rotatable bonds is 4. The molecule has 0 spiro atoms. The molecular formula is C18H19NO. The maximum Gasteiger partial charge on any atom is 0.139 e. The lowest BCUT2D eigenvalue weighted by molar-refractivity contribution is -0.118. The van der Waals surface area contributed by atoms with Crippen molar-refractivity contribution in [2.45, 2.75) is 38.0 Å². The van der Waals surface area contributed by atoms with E-state index in [1.807, 2.05) is 18.2 Å². The van der Waals surface area contributed by atoms with Gasteiger partial charge in [-0.1, -0.05) is 30.3 Å². The van der Waals surface area contributed by atoms with Crippen LogP contribution in [0.25, 0.3) is 0 Å². The summed E-state index contributed by atoms with van der Waals surface area (Å²) < 4.78 is 0. The summed E-state index contributed by atoms with van der Waals surface area (Å²) in [4.78, 5) is 16.5. The molecule has 20 heavy (non-hydrogen) atoms. The summed E-state index contributed by atoms with van der Waals surface area (Å²) >= 11 is 0. The highest BCUT2D eigenvalue weighted by molar-refractivity contribution is 5.81. The Labute approximate surface area is 119 Å². The molecular weight excluding hydrogens is 246 g/mol. The first-order chi connectivity index (χ1) is 9.83. The summed E-state index contributed by atoms with van der Waals surface area (Å²) in [7, 11) is 0. The molecule has 1 atom stereocenters. The molecule has 3 rings (SSSR count). The fourth-order valence-corrected chi connectivity index (χ4v) is 3.12. The topological polar surface area (TPSA) is 30.0 Å². The highest BCUT2D eigenvalue weighted by atomic mass is 16.1. The van der Waals surface area contributed by atoms with Crippen molar-refractivity contribution in [1.29, 1.82) is 0 Å². The van der Waals surface area contributed by atoms with Gasteiger partial charge in [0.2, 0.25) is 0 Å². The molecule has 2 aromatic rings. The molecule has 1 aromatic carbocycles. The average molecular weight is 265 g/mol. The number of benzene rings is 1. The highest BCUT2D eigenvalue weighted by Crippen LogP contribution is 2.34. The van der Waals surface area contributed by atoms with E-state index in [9.17, 15) is 4.79 Å². The number of fused-ring (bicyclic) bond motifs is 1. The Balaban J connectivity index is 1.68. The number of aryl methyl sites for hydroxylation is 1. The number of hydrogen-bond donors (Lipinski definition) is 0. The quantitative estimate of drug-likeness (QED) is 0.843. The van der Waals surface area contributed by atoms with Gasteiger partial charge in [-0.3, -0.25) is 9.78 Å². The van der Waals surface area contributed by atoms with Crippen molar-refractivity contribution >= 4 is 5.78 Å². The van der Waals surface area contributed by atoms with Crippen LogP contribution in [0, 0.1) is 0 Å². The smallest absolute Gasteiger partial charge is 0.139 e. The monoisotopic (exact) mass is 265 g/mol. The van der Waals surface area contributed by atoms with Crippen LogP contribution in [0.15, 0.2) is 48.7 Å². The minimum atomic E-state index is 0.297. The van der Waals surface area contributed by atoms with Crippen LogP contribution in [0.5, 0.6) is 0 Å². The van der Waals surface area contributed by atoms with Crippen LogP contribution in [0.1, 0.15) is 42.0 Å². The van der Waals surface area contributed by atoms with Gasteiger partial charge >= 0.3 is 0 Å². The SMILES string of the molecule is O=C(Cc1ccccn1)CC1CCCc2ccccc21. The average Bonchev–Trinajstić information content (AvgIpc) is 2.48. The van der Waals surface area contributed by atoms with E-state index < -0.39 is 0 Å². The number of aromatic nitrogens is 1. The van der Waals surface area contributed by atoms with Crippen molar-refractivity contribution in [1.82, 2.24) is 4.98 Å². The first-order valence-corrected chi connectivity index (χ1v) is 7.32. The third-order valence-corrected chi connectivity index (χ3v) is 4.07. The van der Waals surface area contributed by atoms with Crippen LogP contribution in [0.2, 0.25) is 0 Å². The molecule has 0 saturated heterocycles. The number of pyridine rings is 1. The third kappa shape index (κ3) is 2.96. The molecule has 0 radical (unpaired) electrons. The van der Waals surface area contributed by atoms with Crippen molar-refractivity contribution in [2.75, 3.05) is 0 Å². The summed E-state index contributed by atoms with van der Waals surface area (Å²) in [5, 5.41) is 0. The third-order valence-electron chi connectivity index (χ3n) is 4.07. The van der Waals surface area contributed by atoms with E-state index in [2.05, 4.69) is 29.2 Å². The van der Waals surface area contributed by atoms with Crippen molar-refractivity contribution in [3.8, 4) is 0 Å². The van der Waals surface area contributed by atoms with E-state index in [1.54, 1.807) is 6.20 Å².